The van der Waals surface area contributed by atoms with Crippen LogP contribution in [-0.2, 0) is 9.47 Å². The van der Waals surface area contributed by atoms with E-state index in [-0.39, 0.29) is 18.3 Å². The van der Waals surface area contributed by atoms with Crippen LogP contribution in [0.2, 0.25) is 0 Å². The lowest BCUT2D eigenvalue weighted by atomic mass is 9.76. The van der Waals surface area contributed by atoms with Crippen LogP contribution in [0.25, 0.3) is 0 Å². The summed E-state index contributed by atoms with van der Waals surface area (Å²) in [7, 11) is 0. The van der Waals surface area contributed by atoms with E-state index in [1.165, 1.54) is 12.8 Å². The molecule has 0 bridgehead atoms. The predicted octanol–water partition coefficient (Wildman–Crippen LogP) is 3.84. The zero-order valence-electron chi connectivity index (χ0n) is 12.3. The summed E-state index contributed by atoms with van der Waals surface area (Å²) >= 11 is 0. The molecule has 3 nitrogen and oxygen atoms in total. The highest BCUT2D eigenvalue weighted by Gasteiger charge is 2.45. The van der Waals surface area contributed by atoms with E-state index < -0.39 is 6.29 Å². The van der Waals surface area contributed by atoms with Crippen LogP contribution in [0.1, 0.15) is 72.1 Å². The minimum Gasteiger partial charge on any atom is -0.368 e. The van der Waals surface area contributed by atoms with Gasteiger partial charge in [-0.05, 0) is 19.3 Å². The molecule has 1 fully saturated rings. The Hall–Kier alpha value is -0.120. The molecule has 0 aromatic rings. The molecule has 0 amide bonds. The van der Waals surface area contributed by atoms with Gasteiger partial charge >= 0.3 is 0 Å². The lowest BCUT2D eigenvalue weighted by Crippen LogP contribution is -2.52. The SMILES string of the molecule is CCCCC1(CCCC)OCOC(O)C1CCC. The Morgan fingerprint density at radius 1 is 1.06 bits per heavy atom. The summed E-state index contributed by atoms with van der Waals surface area (Å²) in [6.07, 6.45) is 8.17. The summed E-state index contributed by atoms with van der Waals surface area (Å²) in [6.45, 7) is 6.82. The number of ether oxygens (including phenoxy) is 2. The van der Waals surface area contributed by atoms with E-state index in [0.717, 1.165) is 38.5 Å². The highest BCUT2D eigenvalue weighted by Crippen LogP contribution is 2.41. The molecule has 0 aromatic heterocycles. The van der Waals surface area contributed by atoms with Crippen LogP contribution in [-0.4, -0.2) is 23.8 Å². The minimum atomic E-state index is -0.646. The quantitative estimate of drug-likeness (QED) is 0.719. The maximum absolute atomic E-state index is 10.1. The van der Waals surface area contributed by atoms with Crippen molar-refractivity contribution in [3.8, 4) is 0 Å². The predicted molar refractivity (Wildman–Crippen MR) is 73.2 cm³/mol. The fraction of sp³-hybridized carbons (Fsp3) is 1.00. The van der Waals surface area contributed by atoms with Crippen LogP contribution in [0.3, 0.4) is 0 Å². The van der Waals surface area contributed by atoms with Gasteiger partial charge in [-0.3, -0.25) is 0 Å². The van der Waals surface area contributed by atoms with Gasteiger partial charge in [0.15, 0.2) is 13.1 Å². The number of aliphatic hydroxyl groups is 1. The lowest BCUT2D eigenvalue weighted by Gasteiger charge is -2.46. The Morgan fingerprint density at radius 2 is 1.67 bits per heavy atom. The third kappa shape index (κ3) is 3.94. The highest BCUT2D eigenvalue weighted by atomic mass is 16.7. The normalized spacial score (nSPS) is 27.3. The second-order valence-electron chi connectivity index (χ2n) is 5.49. The van der Waals surface area contributed by atoms with Gasteiger partial charge in [-0.25, -0.2) is 0 Å². The van der Waals surface area contributed by atoms with E-state index in [4.69, 9.17) is 9.47 Å². The van der Waals surface area contributed by atoms with E-state index in [1.54, 1.807) is 0 Å². The Morgan fingerprint density at radius 3 is 2.17 bits per heavy atom. The van der Waals surface area contributed by atoms with Crippen molar-refractivity contribution in [1.29, 1.82) is 0 Å². The average molecular weight is 258 g/mol. The van der Waals surface area contributed by atoms with E-state index in [1.807, 2.05) is 0 Å². The summed E-state index contributed by atoms with van der Waals surface area (Å²) < 4.78 is 11.3. The first kappa shape index (κ1) is 15.9. The van der Waals surface area contributed by atoms with Crippen LogP contribution >= 0.6 is 0 Å². The molecule has 0 saturated carbocycles. The standard InChI is InChI=1S/C15H30O3/c1-4-7-10-15(11-8-5-2)13(9-6-3)14(16)17-12-18-15/h13-14,16H,4-12H2,1-3H3. The van der Waals surface area contributed by atoms with Gasteiger partial charge < -0.3 is 14.6 Å². The molecule has 1 rings (SSSR count). The zero-order chi connectivity index (χ0) is 13.4. The molecule has 1 N–H and O–H groups in total. The summed E-state index contributed by atoms with van der Waals surface area (Å²) in [4.78, 5) is 0. The maximum atomic E-state index is 10.1. The van der Waals surface area contributed by atoms with Crippen LogP contribution in [0.4, 0.5) is 0 Å². The minimum absolute atomic E-state index is 0.134. The molecular weight excluding hydrogens is 228 g/mol. The molecule has 1 aliphatic heterocycles. The van der Waals surface area contributed by atoms with Crippen LogP contribution in [0.5, 0.6) is 0 Å². The summed E-state index contributed by atoms with van der Waals surface area (Å²) in [5.74, 6) is 0.134. The Kier molecular flexibility index (Phi) is 7.20. The first-order valence-electron chi connectivity index (χ1n) is 7.63. The van der Waals surface area contributed by atoms with Crippen LogP contribution in [0.15, 0.2) is 0 Å². The Labute approximate surface area is 112 Å². The third-order valence-electron chi connectivity index (χ3n) is 4.11. The summed E-state index contributed by atoms with van der Waals surface area (Å²) in [6, 6.07) is 0. The molecule has 3 heteroatoms. The van der Waals surface area contributed by atoms with Gasteiger partial charge in [0.2, 0.25) is 0 Å². The molecule has 108 valence electrons. The topological polar surface area (TPSA) is 38.7 Å². The van der Waals surface area contributed by atoms with Crippen LogP contribution in [0, 0.1) is 5.92 Å². The largest absolute Gasteiger partial charge is 0.368 e. The molecule has 0 aromatic carbocycles. The second-order valence-corrected chi connectivity index (χ2v) is 5.49. The van der Waals surface area contributed by atoms with Crippen molar-refractivity contribution in [2.24, 2.45) is 5.92 Å². The Balaban J connectivity index is 2.79. The van der Waals surface area contributed by atoms with Gasteiger partial charge in [-0.2, -0.15) is 0 Å². The lowest BCUT2D eigenvalue weighted by molar-refractivity contribution is -0.314. The fourth-order valence-corrected chi connectivity index (χ4v) is 3.01. The third-order valence-corrected chi connectivity index (χ3v) is 4.11. The first-order chi connectivity index (χ1) is 8.70. The maximum Gasteiger partial charge on any atom is 0.162 e. The van der Waals surface area contributed by atoms with Crippen molar-refractivity contribution in [2.75, 3.05) is 6.79 Å². The molecule has 2 atom stereocenters. The molecule has 1 heterocycles. The number of rotatable bonds is 8. The number of unbranched alkanes of at least 4 members (excludes halogenated alkanes) is 2. The van der Waals surface area contributed by atoms with Gasteiger partial charge in [-0.15, -0.1) is 0 Å². The summed E-state index contributed by atoms with van der Waals surface area (Å²) in [5.41, 5.74) is -0.153. The molecule has 0 spiro atoms. The molecule has 1 aliphatic rings. The second kappa shape index (κ2) is 8.13. The van der Waals surface area contributed by atoms with Gasteiger partial charge in [0.25, 0.3) is 0 Å². The van der Waals surface area contributed by atoms with E-state index in [0.29, 0.717) is 0 Å². The van der Waals surface area contributed by atoms with Crippen molar-refractivity contribution in [2.45, 2.75) is 84.0 Å². The van der Waals surface area contributed by atoms with Gasteiger partial charge in [0.1, 0.15) is 0 Å². The number of hydrogen-bond acceptors (Lipinski definition) is 3. The van der Waals surface area contributed by atoms with Gasteiger partial charge in [-0.1, -0.05) is 52.9 Å². The zero-order valence-corrected chi connectivity index (χ0v) is 12.3. The fourth-order valence-electron chi connectivity index (χ4n) is 3.01. The van der Waals surface area contributed by atoms with Crippen LogP contribution < -0.4 is 0 Å². The van der Waals surface area contributed by atoms with Gasteiger partial charge in [0, 0.05) is 5.92 Å². The Bertz CT molecular complexity index is 210. The summed E-state index contributed by atoms with van der Waals surface area (Å²) in [5, 5.41) is 10.1. The number of aliphatic hydroxyl groups excluding tert-OH is 1. The smallest absolute Gasteiger partial charge is 0.162 e. The molecule has 0 radical (unpaired) electrons. The molecule has 0 aliphatic carbocycles. The van der Waals surface area contributed by atoms with E-state index >= 15 is 0 Å². The average Bonchev–Trinajstić information content (AvgIpc) is 2.38. The molecular formula is C15H30O3. The molecule has 2 unspecified atom stereocenters. The first-order valence-corrected chi connectivity index (χ1v) is 7.63. The van der Waals surface area contributed by atoms with Crippen molar-refractivity contribution in [3.05, 3.63) is 0 Å². The number of hydrogen-bond donors (Lipinski definition) is 1. The van der Waals surface area contributed by atoms with Crippen molar-refractivity contribution >= 4 is 0 Å². The monoisotopic (exact) mass is 258 g/mol. The molecule has 1 saturated heterocycles. The molecule has 18 heavy (non-hydrogen) atoms. The van der Waals surface area contributed by atoms with E-state index in [9.17, 15) is 5.11 Å². The van der Waals surface area contributed by atoms with Crippen molar-refractivity contribution < 1.29 is 14.6 Å². The van der Waals surface area contributed by atoms with Gasteiger partial charge in [0.05, 0.1) is 5.60 Å². The van der Waals surface area contributed by atoms with E-state index in [2.05, 4.69) is 20.8 Å². The highest BCUT2D eigenvalue weighted by molar-refractivity contribution is 4.91. The van der Waals surface area contributed by atoms with Crippen molar-refractivity contribution in [1.82, 2.24) is 0 Å². The van der Waals surface area contributed by atoms with Crippen molar-refractivity contribution in [3.63, 3.8) is 0 Å².